The van der Waals surface area contributed by atoms with Gasteiger partial charge in [-0.15, -0.1) is 0 Å². The zero-order valence-corrected chi connectivity index (χ0v) is 18.9. The molecule has 11 heteroatoms. The Morgan fingerprint density at radius 3 is 2.58 bits per heavy atom. The largest absolute Gasteiger partial charge is 0.326 e. The van der Waals surface area contributed by atoms with Gasteiger partial charge in [-0.3, -0.25) is 19.4 Å². The molecule has 3 heterocycles. The maximum Gasteiger partial charge on any atom is 0.262 e. The van der Waals surface area contributed by atoms with E-state index in [2.05, 4.69) is 19.9 Å². The summed E-state index contributed by atoms with van der Waals surface area (Å²) < 4.78 is 51.1. The summed E-state index contributed by atoms with van der Waals surface area (Å²) in [5.74, 6) is 0.614. The van der Waals surface area contributed by atoms with Crippen molar-refractivity contribution in [3.8, 4) is 0 Å². The molecule has 0 radical (unpaired) electrons. The Hall–Kier alpha value is -1.98. The maximum absolute atomic E-state index is 12.7. The van der Waals surface area contributed by atoms with Crippen molar-refractivity contribution in [3.63, 3.8) is 0 Å². The third-order valence-corrected chi connectivity index (χ3v) is 9.29. The lowest BCUT2D eigenvalue weighted by Gasteiger charge is -2.34. The fourth-order valence-corrected chi connectivity index (χ4v) is 7.31. The lowest BCUT2D eigenvalue weighted by molar-refractivity contribution is -0.121. The van der Waals surface area contributed by atoms with E-state index in [0.717, 1.165) is 6.42 Å². The van der Waals surface area contributed by atoms with E-state index in [-0.39, 0.29) is 34.3 Å². The van der Waals surface area contributed by atoms with Gasteiger partial charge < -0.3 is 5.32 Å². The van der Waals surface area contributed by atoms with E-state index in [9.17, 15) is 21.6 Å². The lowest BCUT2D eigenvalue weighted by Crippen LogP contribution is -2.44. The number of aliphatic imine (C=N–C) groups is 1. The molecule has 0 spiro atoms. The Balaban J connectivity index is 1.33. The van der Waals surface area contributed by atoms with Gasteiger partial charge in [0.15, 0.2) is 9.84 Å². The number of nitrogens with zero attached hydrogens (tertiary/aromatic N) is 2. The molecule has 1 unspecified atom stereocenters. The molecule has 2 N–H and O–H groups in total. The van der Waals surface area contributed by atoms with Gasteiger partial charge in [-0.1, -0.05) is 6.07 Å². The first-order chi connectivity index (χ1) is 14.7. The average molecular weight is 469 g/mol. The van der Waals surface area contributed by atoms with Crippen molar-refractivity contribution in [2.75, 3.05) is 36.5 Å². The van der Waals surface area contributed by atoms with Gasteiger partial charge in [-0.25, -0.2) is 16.8 Å². The minimum absolute atomic E-state index is 0.0628. The molecule has 31 heavy (non-hydrogen) atoms. The number of likely N-dealkylation sites (tertiary alicyclic amines) is 1. The highest BCUT2D eigenvalue weighted by Gasteiger charge is 2.35. The summed E-state index contributed by atoms with van der Waals surface area (Å²) in [5.41, 5.74) is 0.436. The van der Waals surface area contributed by atoms with E-state index in [1.807, 2.05) is 0 Å². The molecule has 4 rings (SSSR count). The predicted molar refractivity (Wildman–Crippen MR) is 118 cm³/mol. The number of amidine groups is 1. The van der Waals surface area contributed by atoms with Crippen molar-refractivity contribution in [3.05, 3.63) is 24.3 Å². The SMILES string of the molecule is O=C(Nc1cccc(S(=O)(=O)NC2=NCCC2)c1)C1CCN(C2CCS(=O)(=O)C2)CC1. The van der Waals surface area contributed by atoms with Gasteiger partial charge in [0.25, 0.3) is 10.0 Å². The standard InChI is InChI=1S/C20H28N4O5S2/c25-20(15-6-10-24(11-7-15)17-8-12-30(26,27)14-17)22-16-3-1-4-18(13-16)31(28,29)23-19-5-2-9-21-19/h1,3-4,13,15,17H,2,5-12,14H2,(H,21,23)(H,22,25). The summed E-state index contributed by atoms with van der Waals surface area (Å²) in [6.07, 6.45) is 3.43. The molecule has 0 aliphatic carbocycles. The van der Waals surface area contributed by atoms with Gasteiger partial charge in [-0.05, 0) is 57.0 Å². The van der Waals surface area contributed by atoms with Crippen molar-refractivity contribution < 1.29 is 21.6 Å². The van der Waals surface area contributed by atoms with Crippen LogP contribution in [0.25, 0.3) is 0 Å². The van der Waals surface area contributed by atoms with Gasteiger partial charge >= 0.3 is 0 Å². The molecule has 0 aromatic heterocycles. The molecular weight excluding hydrogens is 440 g/mol. The fraction of sp³-hybridized carbons (Fsp3) is 0.600. The van der Waals surface area contributed by atoms with Crippen LogP contribution in [0.4, 0.5) is 5.69 Å². The van der Waals surface area contributed by atoms with Crippen LogP contribution < -0.4 is 10.0 Å². The molecule has 170 valence electrons. The zero-order valence-electron chi connectivity index (χ0n) is 17.3. The molecule has 3 aliphatic heterocycles. The highest BCUT2D eigenvalue weighted by atomic mass is 32.2. The monoisotopic (exact) mass is 468 g/mol. The number of carbonyl (C=O) groups is 1. The van der Waals surface area contributed by atoms with Crippen LogP contribution >= 0.6 is 0 Å². The van der Waals surface area contributed by atoms with E-state index >= 15 is 0 Å². The first-order valence-corrected chi connectivity index (χ1v) is 13.9. The van der Waals surface area contributed by atoms with Crippen LogP contribution in [0.2, 0.25) is 0 Å². The second kappa shape index (κ2) is 8.87. The summed E-state index contributed by atoms with van der Waals surface area (Å²) in [5, 5.41) is 2.84. The van der Waals surface area contributed by atoms with Crippen molar-refractivity contribution in [2.24, 2.45) is 10.9 Å². The maximum atomic E-state index is 12.7. The van der Waals surface area contributed by atoms with E-state index in [4.69, 9.17) is 0 Å². The number of rotatable bonds is 5. The van der Waals surface area contributed by atoms with Crippen LogP contribution in [-0.2, 0) is 24.7 Å². The van der Waals surface area contributed by atoms with Crippen LogP contribution in [-0.4, -0.2) is 70.7 Å². The van der Waals surface area contributed by atoms with E-state index in [0.29, 0.717) is 56.8 Å². The van der Waals surface area contributed by atoms with Crippen LogP contribution in [0.15, 0.2) is 34.2 Å². The quantitative estimate of drug-likeness (QED) is 0.664. The van der Waals surface area contributed by atoms with Crippen LogP contribution in [0.5, 0.6) is 0 Å². The Labute approximate surface area is 183 Å². The lowest BCUT2D eigenvalue weighted by atomic mass is 9.94. The van der Waals surface area contributed by atoms with Crippen molar-refractivity contribution in [1.29, 1.82) is 0 Å². The Kier molecular flexibility index (Phi) is 6.36. The van der Waals surface area contributed by atoms with Gasteiger partial charge in [-0.2, -0.15) is 0 Å². The number of hydrogen-bond donors (Lipinski definition) is 2. The van der Waals surface area contributed by atoms with Crippen molar-refractivity contribution in [2.45, 2.75) is 43.0 Å². The van der Waals surface area contributed by atoms with Gasteiger partial charge in [0.2, 0.25) is 5.91 Å². The first-order valence-electron chi connectivity index (χ1n) is 10.6. The van der Waals surface area contributed by atoms with E-state index in [1.54, 1.807) is 12.1 Å². The minimum Gasteiger partial charge on any atom is -0.326 e. The molecule has 1 atom stereocenters. The summed E-state index contributed by atoms with van der Waals surface area (Å²) in [6.45, 7) is 2.01. The average Bonchev–Trinajstić information content (AvgIpc) is 3.37. The number of hydrogen-bond acceptors (Lipinski definition) is 7. The fourth-order valence-electron chi connectivity index (χ4n) is 4.41. The molecule has 0 bridgehead atoms. The number of amides is 1. The van der Waals surface area contributed by atoms with E-state index < -0.39 is 19.9 Å². The summed E-state index contributed by atoms with van der Waals surface area (Å²) in [6, 6.07) is 6.27. The summed E-state index contributed by atoms with van der Waals surface area (Å²) in [7, 11) is -6.66. The topological polar surface area (TPSA) is 125 Å². The zero-order chi connectivity index (χ0) is 22.1. The van der Waals surface area contributed by atoms with Crippen molar-refractivity contribution >= 4 is 37.3 Å². The number of anilines is 1. The molecule has 1 amide bonds. The third-order valence-electron chi connectivity index (χ3n) is 6.16. The minimum atomic E-state index is -3.74. The highest BCUT2D eigenvalue weighted by molar-refractivity contribution is 7.91. The number of nitrogens with one attached hydrogen (secondary N) is 2. The molecule has 2 fully saturated rings. The Morgan fingerprint density at radius 1 is 1.16 bits per heavy atom. The smallest absolute Gasteiger partial charge is 0.262 e. The summed E-state index contributed by atoms with van der Waals surface area (Å²) in [4.78, 5) is 19.1. The Morgan fingerprint density at radius 2 is 1.94 bits per heavy atom. The molecule has 1 aromatic rings. The second-order valence-corrected chi connectivity index (χ2v) is 12.3. The number of sulfonamides is 1. The molecule has 2 saturated heterocycles. The molecular formula is C20H28N4O5S2. The predicted octanol–water partition coefficient (Wildman–Crippen LogP) is 0.995. The van der Waals surface area contributed by atoms with Crippen LogP contribution in [0, 0.1) is 5.92 Å². The summed E-state index contributed by atoms with van der Waals surface area (Å²) >= 11 is 0. The number of benzene rings is 1. The van der Waals surface area contributed by atoms with Crippen LogP contribution in [0.1, 0.15) is 32.1 Å². The highest BCUT2D eigenvalue weighted by Crippen LogP contribution is 2.26. The molecule has 1 aromatic carbocycles. The van der Waals surface area contributed by atoms with Gasteiger partial charge in [0.1, 0.15) is 5.84 Å². The second-order valence-electron chi connectivity index (χ2n) is 8.42. The van der Waals surface area contributed by atoms with Gasteiger partial charge in [0, 0.05) is 30.6 Å². The molecule has 3 aliphatic rings. The molecule has 0 saturated carbocycles. The normalized spacial score (nSPS) is 24.6. The van der Waals surface area contributed by atoms with Crippen LogP contribution in [0.3, 0.4) is 0 Å². The number of carbonyl (C=O) groups excluding carboxylic acids is 1. The number of sulfone groups is 1. The first kappa shape index (κ1) is 22.2. The number of piperidine rings is 1. The Bertz CT molecular complexity index is 1080. The molecule has 9 nitrogen and oxygen atoms in total. The third kappa shape index (κ3) is 5.45. The van der Waals surface area contributed by atoms with E-state index in [1.165, 1.54) is 12.1 Å². The van der Waals surface area contributed by atoms with Gasteiger partial charge in [0.05, 0.1) is 16.4 Å². The van der Waals surface area contributed by atoms with Crippen molar-refractivity contribution in [1.82, 2.24) is 9.62 Å².